The predicted octanol–water partition coefficient (Wildman–Crippen LogP) is 2.61. The minimum atomic E-state index is 0.712. The minimum Gasteiger partial charge on any atom is -0.307 e. The molecular weight excluding hydrogens is 242 g/mol. The molecule has 0 saturated heterocycles. The van der Waals surface area contributed by atoms with Gasteiger partial charge >= 0.3 is 0 Å². The Kier molecular flexibility index (Phi) is 2.45. The first kappa shape index (κ1) is 10.6. The first-order valence-corrected chi connectivity index (χ1v) is 7.40. The number of rotatable bonds is 3. The monoisotopic (exact) mass is 257 g/mol. The summed E-state index contributed by atoms with van der Waals surface area (Å²) in [6, 6.07) is 4.26. The second-order valence-electron chi connectivity index (χ2n) is 5.08. The third-order valence-corrected chi connectivity index (χ3v) is 4.52. The Hall–Kier alpha value is -1.26. The van der Waals surface area contributed by atoms with Crippen LogP contribution in [0.4, 0.5) is 0 Å². The summed E-state index contributed by atoms with van der Waals surface area (Å²) in [7, 11) is 0. The Balaban J connectivity index is 1.73. The van der Waals surface area contributed by atoms with Gasteiger partial charge in [-0.3, -0.25) is 0 Å². The molecule has 3 nitrogen and oxygen atoms in total. The third kappa shape index (κ3) is 1.85. The van der Waals surface area contributed by atoms with Gasteiger partial charge in [-0.25, -0.2) is 9.97 Å². The molecule has 2 aliphatic rings. The molecule has 1 N–H and O–H groups in total. The SMILES string of the molecule is c1csc(Cc2nc3c(c(C4CC4)n2)CNC3)c1. The van der Waals surface area contributed by atoms with Crippen molar-refractivity contribution in [1.82, 2.24) is 15.3 Å². The Morgan fingerprint density at radius 3 is 3.00 bits per heavy atom. The highest BCUT2D eigenvalue weighted by molar-refractivity contribution is 7.09. The number of hydrogen-bond donors (Lipinski definition) is 1. The van der Waals surface area contributed by atoms with Crippen molar-refractivity contribution in [3.63, 3.8) is 0 Å². The van der Waals surface area contributed by atoms with Crippen LogP contribution in [0.3, 0.4) is 0 Å². The van der Waals surface area contributed by atoms with E-state index in [1.54, 1.807) is 11.3 Å². The largest absolute Gasteiger partial charge is 0.307 e. The van der Waals surface area contributed by atoms with Gasteiger partial charge in [0.2, 0.25) is 0 Å². The van der Waals surface area contributed by atoms with Crippen LogP contribution in [0.1, 0.15) is 46.4 Å². The van der Waals surface area contributed by atoms with E-state index >= 15 is 0 Å². The number of hydrogen-bond acceptors (Lipinski definition) is 4. The normalized spacial score (nSPS) is 18.0. The predicted molar refractivity (Wildman–Crippen MR) is 71.7 cm³/mol. The first-order valence-electron chi connectivity index (χ1n) is 6.52. The maximum atomic E-state index is 4.84. The van der Waals surface area contributed by atoms with Gasteiger partial charge in [-0.15, -0.1) is 11.3 Å². The molecule has 3 heterocycles. The smallest absolute Gasteiger partial charge is 0.134 e. The molecule has 0 bridgehead atoms. The molecular formula is C14H15N3S. The summed E-state index contributed by atoms with van der Waals surface area (Å²) in [6.45, 7) is 1.87. The van der Waals surface area contributed by atoms with Crippen LogP contribution in [0.2, 0.25) is 0 Å². The van der Waals surface area contributed by atoms with Crippen LogP contribution in [0.5, 0.6) is 0 Å². The summed E-state index contributed by atoms with van der Waals surface area (Å²) in [5.74, 6) is 1.71. The second kappa shape index (κ2) is 4.14. The van der Waals surface area contributed by atoms with Gasteiger partial charge in [0.25, 0.3) is 0 Å². The summed E-state index contributed by atoms with van der Waals surface area (Å²) in [5.41, 5.74) is 3.95. The van der Waals surface area contributed by atoms with Gasteiger partial charge in [-0.05, 0) is 24.3 Å². The molecule has 0 amide bonds. The van der Waals surface area contributed by atoms with E-state index < -0.39 is 0 Å². The fraction of sp³-hybridized carbons (Fsp3) is 0.429. The average molecular weight is 257 g/mol. The molecule has 2 aromatic rings. The summed E-state index contributed by atoms with van der Waals surface area (Å²) < 4.78 is 0. The second-order valence-corrected chi connectivity index (χ2v) is 6.12. The summed E-state index contributed by atoms with van der Waals surface area (Å²) >= 11 is 1.79. The van der Waals surface area contributed by atoms with Crippen molar-refractivity contribution in [2.24, 2.45) is 0 Å². The minimum absolute atomic E-state index is 0.712. The van der Waals surface area contributed by atoms with E-state index in [0.29, 0.717) is 5.92 Å². The van der Waals surface area contributed by atoms with Crippen LogP contribution < -0.4 is 5.32 Å². The molecule has 1 fully saturated rings. The van der Waals surface area contributed by atoms with Crippen LogP contribution in [-0.4, -0.2) is 9.97 Å². The quantitative estimate of drug-likeness (QED) is 0.918. The van der Waals surface area contributed by atoms with Crippen LogP contribution in [0, 0.1) is 0 Å². The van der Waals surface area contributed by atoms with Gasteiger partial charge < -0.3 is 5.32 Å². The molecule has 1 saturated carbocycles. The standard InChI is InChI=1S/C14H15N3S/c1-2-10(18-5-1)6-13-16-12-8-15-7-11(12)14(17-13)9-3-4-9/h1-2,5,9,15H,3-4,6-8H2. The molecule has 4 heteroatoms. The Labute approximate surface area is 110 Å². The third-order valence-electron chi connectivity index (χ3n) is 3.64. The number of thiophene rings is 1. The lowest BCUT2D eigenvalue weighted by Gasteiger charge is -2.08. The number of nitrogens with one attached hydrogen (secondary N) is 1. The van der Waals surface area contributed by atoms with Crippen molar-refractivity contribution in [1.29, 1.82) is 0 Å². The first-order chi connectivity index (χ1) is 8.90. The lowest BCUT2D eigenvalue weighted by molar-refractivity contribution is 0.754. The zero-order chi connectivity index (χ0) is 11.9. The van der Waals surface area contributed by atoms with Gasteiger partial charge in [0.15, 0.2) is 0 Å². The van der Waals surface area contributed by atoms with Crippen molar-refractivity contribution in [2.45, 2.75) is 38.3 Å². The van der Waals surface area contributed by atoms with Gasteiger partial charge in [0, 0.05) is 35.9 Å². The van der Waals surface area contributed by atoms with Crippen LogP contribution >= 0.6 is 11.3 Å². The van der Waals surface area contributed by atoms with E-state index in [-0.39, 0.29) is 0 Å². The molecule has 92 valence electrons. The lowest BCUT2D eigenvalue weighted by atomic mass is 10.1. The summed E-state index contributed by atoms with van der Waals surface area (Å²) in [5, 5.41) is 5.51. The maximum absolute atomic E-state index is 4.84. The van der Waals surface area contributed by atoms with E-state index in [9.17, 15) is 0 Å². The van der Waals surface area contributed by atoms with Crippen LogP contribution in [-0.2, 0) is 19.5 Å². The van der Waals surface area contributed by atoms with Gasteiger partial charge in [-0.1, -0.05) is 6.07 Å². The number of nitrogens with zero attached hydrogens (tertiary/aromatic N) is 2. The topological polar surface area (TPSA) is 37.8 Å². The van der Waals surface area contributed by atoms with E-state index in [1.807, 2.05) is 0 Å². The van der Waals surface area contributed by atoms with E-state index in [1.165, 1.54) is 34.7 Å². The summed E-state index contributed by atoms with van der Waals surface area (Å²) in [4.78, 5) is 10.9. The molecule has 18 heavy (non-hydrogen) atoms. The molecule has 4 rings (SSSR count). The van der Waals surface area contributed by atoms with Crippen molar-refractivity contribution in [3.05, 3.63) is 45.2 Å². The Bertz CT molecular complexity index is 573. The zero-order valence-electron chi connectivity index (χ0n) is 10.1. The van der Waals surface area contributed by atoms with Crippen molar-refractivity contribution < 1.29 is 0 Å². The average Bonchev–Trinajstić information content (AvgIpc) is 2.89. The molecule has 1 aliphatic carbocycles. The highest BCUT2D eigenvalue weighted by Crippen LogP contribution is 2.41. The molecule has 0 radical (unpaired) electrons. The van der Waals surface area contributed by atoms with E-state index in [4.69, 9.17) is 9.97 Å². The molecule has 0 unspecified atom stereocenters. The lowest BCUT2D eigenvalue weighted by Crippen LogP contribution is -2.05. The van der Waals surface area contributed by atoms with E-state index in [0.717, 1.165) is 25.3 Å². The van der Waals surface area contributed by atoms with Gasteiger partial charge in [0.05, 0.1) is 11.4 Å². The highest BCUT2D eigenvalue weighted by atomic mass is 32.1. The molecule has 0 spiro atoms. The Morgan fingerprint density at radius 1 is 1.28 bits per heavy atom. The van der Waals surface area contributed by atoms with Gasteiger partial charge in [0.1, 0.15) is 5.82 Å². The molecule has 2 aromatic heterocycles. The fourth-order valence-electron chi connectivity index (χ4n) is 2.59. The van der Waals surface area contributed by atoms with Crippen LogP contribution in [0.25, 0.3) is 0 Å². The highest BCUT2D eigenvalue weighted by Gasteiger charge is 2.31. The van der Waals surface area contributed by atoms with Gasteiger partial charge in [-0.2, -0.15) is 0 Å². The van der Waals surface area contributed by atoms with E-state index in [2.05, 4.69) is 22.8 Å². The molecule has 1 aliphatic heterocycles. The summed E-state index contributed by atoms with van der Waals surface area (Å²) in [6.07, 6.45) is 3.49. The van der Waals surface area contributed by atoms with Crippen molar-refractivity contribution in [2.75, 3.05) is 0 Å². The fourth-order valence-corrected chi connectivity index (χ4v) is 3.29. The molecule has 0 aromatic carbocycles. The number of aromatic nitrogens is 2. The van der Waals surface area contributed by atoms with Crippen molar-refractivity contribution >= 4 is 11.3 Å². The maximum Gasteiger partial charge on any atom is 0.134 e. The zero-order valence-corrected chi connectivity index (χ0v) is 11.0. The van der Waals surface area contributed by atoms with Crippen molar-refractivity contribution in [3.8, 4) is 0 Å². The number of fused-ring (bicyclic) bond motifs is 1. The Morgan fingerprint density at radius 2 is 2.22 bits per heavy atom. The molecule has 0 atom stereocenters. The van der Waals surface area contributed by atoms with Crippen LogP contribution in [0.15, 0.2) is 17.5 Å².